The number of rotatable bonds is 3. The van der Waals surface area contributed by atoms with Crippen LogP contribution in [0.1, 0.15) is 54.4 Å². The zero-order valence-electron chi connectivity index (χ0n) is 18.8. The minimum absolute atomic E-state index is 0.0206. The Bertz CT molecular complexity index is 908. The van der Waals surface area contributed by atoms with Crippen molar-refractivity contribution >= 4 is 11.8 Å². The summed E-state index contributed by atoms with van der Waals surface area (Å²) in [7, 11) is 0. The SMILES string of the molecule is CC(=CCC1C(C)=CC23C(=O)C(C=C(C)C(O)C12O)C1C(CC3C)C1(C)C)C(=O)O. The first kappa shape index (κ1) is 21.5. The van der Waals surface area contributed by atoms with E-state index in [1.54, 1.807) is 13.0 Å². The molecule has 0 aliphatic heterocycles. The third kappa shape index (κ3) is 2.42. The fraction of sp³-hybridized carbons (Fsp3) is 0.680. The number of carbonyl (C=O) groups is 2. The van der Waals surface area contributed by atoms with Gasteiger partial charge >= 0.3 is 5.97 Å². The predicted octanol–water partition coefficient (Wildman–Crippen LogP) is 3.52. The van der Waals surface area contributed by atoms with Crippen molar-refractivity contribution in [3.05, 3.63) is 34.9 Å². The molecule has 0 aromatic rings. The van der Waals surface area contributed by atoms with Crippen LogP contribution in [0.25, 0.3) is 0 Å². The number of hydrogen-bond donors (Lipinski definition) is 3. The Kier molecular flexibility index (Phi) is 4.58. The lowest BCUT2D eigenvalue weighted by Crippen LogP contribution is -2.63. The minimum Gasteiger partial charge on any atom is -0.478 e. The van der Waals surface area contributed by atoms with Gasteiger partial charge in [-0.25, -0.2) is 4.79 Å². The molecule has 2 saturated carbocycles. The topological polar surface area (TPSA) is 94.8 Å². The molecule has 5 heteroatoms. The first-order valence-corrected chi connectivity index (χ1v) is 11.0. The van der Waals surface area contributed by atoms with E-state index >= 15 is 0 Å². The number of aliphatic hydroxyl groups excluding tert-OH is 1. The highest BCUT2D eigenvalue weighted by molar-refractivity contribution is 5.95. The normalized spacial score (nSPS) is 46.8. The number of hydrogen-bond acceptors (Lipinski definition) is 4. The van der Waals surface area contributed by atoms with Gasteiger partial charge in [0.1, 0.15) is 11.7 Å². The van der Waals surface area contributed by atoms with Gasteiger partial charge in [0, 0.05) is 17.4 Å². The molecule has 5 nitrogen and oxygen atoms in total. The Balaban J connectivity index is 1.88. The van der Waals surface area contributed by atoms with Crippen LogP contribution >= 0.6 is 0 Å². The van der Waals surface area contributed by atoms with Gasteiger partial charge in [-0.05, 0) is 62.4 Å². The van der Waals surface area contributed by atoms with Crippen molar-refractivity contribution in [2.24, 2.45) is 40.4 Å². The van der Waals surface area contributed by atoms with Gasteiger partial charge in [0.2, 0.25) is 0 Å². The second kappa shape index (κ2) is 6.39. The van der Waals surface area contributed by atoms with Gasteiger partial charge in [0.25, 0.3) is 0 Å². The molecule has 4 aliphatic carbocycles. The predicted molar refractivity (Wildman–Crippen MR) is 113 cm³/mol. The molecule has 8 atom stereocenters. The van der Waals surface area contributed by atoms with Crippen LogP contribution in [0.15, 0.2) is 34.9 Å². The number of allylic oxidation sites excluding steroid dienone is 2. The molecule has 0 aromatic carbocycles. The number of ketones is 1. The van der Waals surface area contributed by atoms with Crippen molar-refractivity contribution in [1.82, 2.24) is 0 Å². The number of fused-ring (bicyclic) bond motifs is 3. The standard InChI is InChI=1S/C25H34O5/c1-12(22(28)29)7-8-17-14(3)11-24-15(4)10-18-19(23(18,5)6)16(21(24)27)9-13(2)20(26)25(17,24)30/h7,9,11,15-20,26,30H,8,10H2,1-6H3,(H,28,29). The highest BCUT2D eigenvalue weighted by Crippen LogP contribution is 2.72. The average Bonchev–Trinajstić information content (AvgIpc) is 3.14. The van der Waals surface area contributed by atoms with Crippen molar-refractivity contribution in [2.75, 3.05) is 0 Å². The zero-order valence-corrected chi connectivity index (χ0v) is 18.8. The summed E-state index contributed by atoms with van der Waals surface area (Å²) in [6.07, 6.45) is 5.36. The third-order valence-corrected chi connectivity index (χ3v) is 9.11. The van der Waals surface area contributed by atoms with Crippen LogP contribution in [0.3, 0.4) is 0 Å². The summed E-state index contributed by atoms with van der Waals surface area (Å²) in [5.74, 6) is -1.27. The Morgan fingerprint density at radius 2 is 1.90 bits per heavy atom. The van der Waals surface area contributed by atoms with E-state index in [1.807, 2.05) is 26.0 Å². The molecule has 1 spiro atoms. The van der Waals surface area contributed by atoms with Crippen molar-refractivity contribution in [3.8, 4) is 0 Å². The zero-order chi connectivity index (χ0) is 22.4. The molecule has 0 radical (unpaired) electrons. The van der Waals surface area contributed by atoms with Crippen LogP contribution in [-0.4, -0.2) is 38.8 Å². The molecule has 0 saturated heterocycles. The van der Waals surface area contributed by atoms with Crippen LogP contribution < -0.4 is 0 Å². The average molecular weight is 415 g/mol. The van der Waals surface area contributed by atoms with Crippen molar-refractivity contribution in [2.45, 2.75) is 66.1 Å². The second-order valence-electron chi connectivity index (χ2n) is 10.9. The molecule has 30 heavy (non-hydrogen) atoms. The summed E-state index contributed by atoms with van der Waals surface area (Å²) < 4.78 is 0. The van der Waals surface area contributed by atoms with Crippen molar-refractivity contribution in [3.63, 3.8) is 0 Å². The highest BCUT2D eigenvalue weighted by Gasteiger charge is 2.75. The molecule has 0 aromatic heterocycles. The number of carboxylic acids is 1. The van der Waals surface area contributed by atoms with Crippen LogP contribution in [0.2, 0.25) is 0 Å². The van der Waals surface area contributed by atoms with E-state index in [4.69, 9.17) is 0 Å². The molecule has 4 aliphatic rings. The van der Waals surface area contributed by atoms with E-state index in [0.717, 1.165) is 12.0 Å². The maximum absolute atomic E-state index is 14.2. The maximum atomic E-state index is 14.2. The monoisotopic (exact) mass is 414 g/mol. The molecule has 3 N–H and O–H groups in total. The number of Topliss-reactive ketones (excluding diaryl/α,β-unsaturated/α-hetero) is 1. The molecule has 0 heterocycles. The summed E-state index contributed by atoms with van der Waals surface area (Å²) in [6, 6.07) is 0. The quantitative estimate of drug-likeness (QED) is 0.485. The Hall–Kier alpha value is -1.72. The van der Waals surface area contributed by atoms with Gasteiger partial charge in [-0.2, -0.15) is 0 Å². The van der Waals surface area contributed by atoms with E-state index in [-0.39, 0.29) is 40.9 Å². The number of carboxylic acid groups (broad SMARTS) is 1. The number of aliphatic carboxylic acids is 1. The molecule has 8 unspecified atom stereocenters. The third-order valence-electron chi connectivity index (χ3n) is 9.11. The fourth-order valence-corrected chi connectivity index (χ4v) is 7.28. The van der Waals surface area contributed by atoms with E-state index in [2.05, 4.69) is 13.8 Å². The second-order valence-corrected chi connectivity index (χ2v) is 10.9. The largest absolute Gasteiger partial charge is 0.478 e. The molecular formula is C25H34O5. The lowest BCUT2D eigenvalue weighted by molar-refractivity contribution is -0.176. The minimum atomic E-state index is -1.68. The number of carbonyl (C=O) groups excluding carboxylic acids is 1. The molecular weight excluding hydrogens is 380 g/mol. The van der Waals surface area contributed by atoms with Gasteiger partial charge in [0.05, 0.1) is 5.41 Å². The molecule has 4 rings (SSSR count). The first-order valence-electron chi connectivity index (χ1n) is 11.0. The van der Waals surface area contributed by atoms with Crippen LogP contribution in [0, 0.1) is 40.4 Å². The summed E-state index contributed by atoms with van der Waals surface area (Å²) in [5, 5.41) is 32.9. The lowest BCUT2D eigenvalue weighted by Gasteiger charge is -2.49. The summed E-state index contributed by atoms with van der Waals surface area (Å²) >= 11 is 0. The van der Waals surface area contributed by atoms with E-state index < -0.39 is 29.0 Å². The van der Waals surface area contributed by atoms with E-state index in [0.29, 0.717) is 11.5 Å². The van der Waals surface area contributed by atoms with E-state index in [9.17, 15) is 24.9 Å². The van der Waals surface area contributed by atoms with Gasteiger partial charge in [-0.3, -0.25) is 4.79 Å². The van der Waals surface area contributed by atoms with Gasteiger partial charge in [0.15, 0.2) is 5.78 Å². The van der Waals surface area contributed by atoms with E-state index in [1.165, 1.54) is 6.92 Å². The Labute approximate surface area is 178 Å². The number of aliphatic hydroxyl groups is 2. The summed E-state index contributed by atoms with van der Waals surface area (Å²) in [6.45, 7) is 11.7. The lowest BCUT2D eigenvalue weighted by atomic mass is 9.57. The van der Waals surface area contributed by atoms with Gasteiger partial charge in [-0.15, -0.1) is 0 Å². The molecule has 2 fully saturated rings. The van der Waals surface area contributed by atoms with Crippen LogP contribution in [0.4, 0.5) is 0 Å². The molecule has 164 valence electrons. The Morgan fingerprint density at radius 3 is 2.50 bits per heavy atom. The highest BCUT2D eigenvalue weighted by atomic mass is 16.4. The van der Waals surface area contributed by atoms with Crippen molar-refractivity contribution in [1.29, 1.82) is 0 Å². The van der Waals surface area contributed by atoms with Crippen molar-refractivity contribution < 1.29 is 24.9 Å². The van der Waals surface area contributed by atoms with Crippen LogP contribution in [0.5, 0.6) is 0 Å². The smallest absolute Gasteiger partial charge is 0.330 e. The van der Waals surface area contributed by atoms with Gasteiger partial charge < -0.3 is 15.3 Å². The fourth-order valence-electron chi connectivity index (χ4n) is 7.28. The summed E-state index contributed by atoms with van der Waals surface area (Å²) in [5.41, 5.74) is -1.06. The van der Waals surface area contributed by atoms with Gasteiger partial charge in [-0.1, -0.05) is 44.6 Å². The first-order chi connectivity index (χ1) is 13.8. The molecule has 0 amide bonds. The maximum Gasteiger partial charge on any atom is 0.330 e. The molecule has 2 bridgehead atoms. The van der Waals surface area contributed by atoms with Crippen LogP contribution in [-0.2, 0) is 9.59 Å². The summed E-state index contributed by atoms with van der Waals surface area (Å²) in [4.78, 5) is 25.4. The Morgan fingerprint density at radius 1 is 1.27 bits per heavy atom.